The molecule has 18 heavy (non-hydrogen) atoms. The van der Waals surface area contributed by atoms with Crippen molar-refractivity contribution in [1.29, 1.82) is 0 Å². The molecule has 1 aliphatic rings. The normalized spacial score (nSPS) is 17.2. The molecule has 0 aromatic carbocycles. The number of nitrogens with zero attached hydrogens (tertiary/aromatic N) is 1. The third kappa shape index (κ3) is 4.08. The van der Waals surface area contributed by atoms with Crippen LogP contribution >= 0.6 is 11.3 Å². The summed E-state index contributed by atoms with van der Waals surface area (Å²) in [6, 6.07) is 5.96. The molecule has 0 spiro atoms. The Bertz CT molecular complexity index is 353. The Labute approximate surface area is 115 Å². The van der Waals surface area contributed by atoms with Gasteiger partial charge in [0.25, 0.3) is 0 Å². The van der Waals surface area contributed by atoms with Crippen LogP contribution in [0.25, 0.3) is 0 Å². The molecule has 1 N–H and O–H groups in total. The average Bonchev–Trinajstić information content (AvgIpc) is 2.97. The molecule has 1 aromatic heterocycles. The average molecular weight is 266 g/mol. The smallest absolute Gasteiger partial charge is 0.0327 e. The van der Waals surface area contributed by atoms with Crippen molar-refractivity contribution < 1.29 is 0 Å². The van der Waals surface area contributed by atoms with E-state index in [9.17, 15) is 0 Å². The van der Waals surface area contributed by atoms with Crippen LogP contribution in [0.2, 0.25) is 0 Å². The molecule has 0 aliphatic heterocycles. The Morgan fingerprint density at radius 2 is 1.94 bits per heavy atom. The quantitative estimate of drug-likeness (QED) is 0.846. The highest BCUT2D eigenvalue weighted by Gasteiger charge is 2.19. The van der Waals surface area contributed by atoms with Gasteiger partial charge in [-0.2, -0.15) is 0 Å². The highest BCUT2D eigenvalue weighted by atomic mass is 32.1. The molecule has 1 aliphatic carbocycles. The Kier molecular flexibility index (Phi) is 5.22. The number of rotatable bonds is 6. The lowest BCUT2D eigenvalue weighted by Gasteiger charge is -2.23. The van der Waals surface area contributed by atoms with Crippen LogP contribution in [0, 0.1) is 0 Å². The summed E-state index contributed by atoms with van der Waals surface area (Å²) < 4.78 is 0. The summed E-state index contributed by atoms with van der Waals surface area (Å²) >= 11 is 1.96. The van der Waals surface area contributed by atoms with Crippen molar-refractivity contribution in [3.63, 3.8) is 0 Å². The van der Waals surface area contributed by atoms with Crippen LogP contribution in [-0.4, -0.2) is 24.0 Å². The molecule has 1 saturated carbocycles. The molecule has 1 fully saturated rings. The zero-order valence-corrected chi connectivity index (χ0v) is 12.7. The maximum Gasteiger partial charge on any atom is 0.0327 e. The lowest BCUT2D eigenvalue weighted by molar-refractivity contribution is 0.239. The first-order chi connectivity index (χ1) is 8.65. The van der Waals surface area contributed by atoms with Crippen molar-refractivity contribution in [2.24, 2.45) is 0 Å². The Hall–Kier alpha value is -0.380. The molecule has 3 heteroatoms. The number of hydrogen-bond acceptors (Lipinski definition) is 3. The van der Waals surface area contributed by atoms with Crippen molar-refractivity contribution in [3.8, 4) is 0 Å². The molecule has 0 atom stereocenters. The van der Waals surface area contributed by atoms with Gasteiger partial charge in [-0.1, -0.05) is 26.7 Å². The lowest BCUT2D eigenvalue weighted by Crippen LogP contribution is -2.28. The highest BCUT2D eigenvalue weighted by Crippen LogP contribution is 2.25. The lowest BCUT2D eigenvalue weighted by atomic mass is 10.2. The van der Waals surface area contributed by atoms with Crippen LogP contribution in [0.5, 0.6) is 0 Å². The topological polar surface area (TPSA) is 15.3 Å². The van der Waals surface area contributed by atoms with E-state index in [1.165, 1.54) is 35.4 Å². The fourth-order valence-corrected chi connectivity index (χ4v) is 3.66. The first kappa shape index (κ1) is 14.0. The first-order valence-corrected chi connectivity index (χ1v) is 7.98. The Morgan fingerprint density at radius 3 is 2.61 bits per heavy atom. The van der Waals surface area contributed by atoms with E-state index in [4.69, 9.17) is 0 Å². The van der Waals surface area contributed by atoms with Crippen LogP contribution in [0.3, 0.4) is 0 Å². The third-order valence-electron chi connectivity index (χ3n) is 3.76. The summed E-state index contributed by atoms with van der Waals surface area (Å²) in [7, 11) is 2.28. The molecule has 0 saturated heterocycles. The fraction of sp³-hybridized carbons (Fsp3) is 0.733. The predicted octanol–water partition coefficient (Wildman–Crippen LogP) is 3.62. The summed E-state index contributed by atoms with van der Waals surface area (Å²) in [5, 5.41) is 3.48. The molecular formula is C15H26N2S. The van der Waals surface area contributed by atoms with E-state index >= 15 is 0 Å². The molecule has 102 valence electrons. The van der Waals surface area contributed by atoms with Gasteiger partial charge in [0.2, 0.25) is 0 Å². The van der Waals surface area contributed by atoms with Crippen LogP contribution in [0.1, 0.15) is 49.3 Å². The Morgan fingerprint density at radius 1 is 1.28 bits per heavy atom. The molecule has 1 aromatic rings. The maximum absolute atomic E-state index is 3.48. The molecule has 2 rings (SSSR count). The zero-order chi connectivity index (χ0) is 13.0. The van der Waals surface area contributed by atoms with Gasteiger partial charge in [0.05, 0.1) is 0 Å². The van der Waals surface area contributed by atoms with Crippen LogP contribution in [-0.2, 0) is 13.1 Å². The van der Waals surface area contributed by atoms with Crippen LogP contribution < -0.4 is 5.32 Å². The first-order valence-electron chi connectivity index (χ1n) is 7.16. The standard InChI is InChI=1S/C15H26N2S/c1-12(2)16-10-14-8-9-15(18-14)11-17(3)13-6-4-5-7-13/h8-9,12-13,16H,4-7,10-11H2,1-3H3. The van der Waals surface area contributed by atoms with Gasteiger partial charge in [-0.05, 0) is 32.0 Å². The van der Waals surface area contributed by atoms with Crippen LogP contribution in [0.4, 0.5) is 0 Å². The molecule has 0 bridgehead atoms. The van der Waals surface area contributed by atoms with Gasteiger partial charge >= 0.3 is 0 Å². The van der Waals surface area contributed by atoms with Gasteiger partial charge in [0, 0.05) is 34.9 Å². The van der Waals surface area contributed by atoms with Gasteiger partial charge in [0.15, 0.2) is 0 Å². The van der Waals surface area contributed by atoms with Crippen molar-refractivity contribution in [1.82, 2.24) is 10.2 Å². The minimum atomic E-state index is 0.566. The fourth-order valence-electron chi connectivity index (χ4n) is 2.63. The van der Waals surface area contributed by atoms with E-state index in [1.807, 2.05) is 11.3 Å². The van der Waals surface area contributed by atoms with Gasteiger partial charge in [-0.3, -0.25) is 4.90 Å². The molecule has 1 heterocycles. The summed E-state index contributed by atoms with van der Waals surface area (Å²) in [6.07, 6.45) is 5.62. The molecule has 0 amide bonds. The number of hydrogen-bond donors (Lipinski definition) is 1. The summed E-state index contributed by atoms with van der Waals surface area (Å²) in [6.45, 7) is 6.53. The van der Waals surface area contributed by atoms with Crippen molar-refractivity contribution in [2.45, 2.75) is 64.7 Å². The second-order valence-corrected chi connectivity index (χ2v) is 7.01. The van der Waals surface area contributed by atoms with Gasteiger partial charge in [0.1, 0.15) is 0 Å². The molecule has 2 nitrogen and oxygen atoms in total. The highest BCUT2D eigenvalue weighted by molar-refractivity contribution is 7.11. The minimum absolute atomic E-state index is 0.566. The van der Waals surface area contributed by atoms with Gasteiger partial charge < -0.3 is 5.32 Å². The SMILES string of the molecule is CC(C)NCc1ccc(CN(C)C2CCCC2)s1. The van der Waals surface area contributed by atoms with Gasteiger partial charge in [-0.25, -0.2) is 0 Å². The second-order valence-electron chi connectivity index (χ2n) is 5.76. The molecule has 0 radical (unpaired) electrons. The monoisotopic (exact) mass is 266 g/mol. The van der Waals surface area contributed by atoms with E-state index in [2.05, 4.69) is 43.2 Å². The summed E-state index contributed by atoms with van der Waals surface area (Å²) in [5.41, 5.74) is 0. The number of thiophene rings is 1. The summed E-state index contributed by atoms with van der Waals surface area (Å²) in [4.78, 5) is 5.50. The van der Waals surface area contributed by atoms with E-state index in [0.29, 0.717) is 6.04 Å². The third-order valence-corrected chi connectivity index (χ3v) is 4.83. The van der Waals surface area contributed by atoms with Crippen molar-refractivity contribution in [2.75, 3.05) is 7.05 Å². The maximum atomic E-state index is 3.48. The zero-order valence-electron chi connectivity index (χ0n) is 11.9. The minimum Gasteiger partial charge on any atom is -0.310 e. The van der Waals surface area contributed by atoms with E-state index in [1.54, 1.807) is 0 Å². The van der Waals surface area contributed by atoms with E-state index in [0.717, 1.165) is 19.1 Å². The molecular weight excluding hydrogens is 240 g/mol. The van der Waals surface area contributed by atoms with E-state index in [-0.39, 0.29) is 0 Å². The van der Waals surface area contributed by atoms with E-state index < -0.39 is 0 Å². The van der Waals surface area contributed by atoms with Crippen LogP contribution in [0.15, 0.2) is 12.1 Å². The predicted molar refractivity (Wildman–Crippen MR) is 80.0 cm³/mol. The van der Waals surface area contributed by atoms with Gasteiger partial charge in [-0.15, -0.1) is 11.3 Å². The Balaban J connectivity index is 1.82. The number of nitrogens with one attached hydrogen (secondary N) is 1. The van der Waals surface area contributed by atoms with Crippen molar-refractivity contribution in [3.05, 3.63) is 21.9 Å². The second kappa shape index (κ2) is 6.69. The molecule has 0 unspecified atom stereocenters. The van der Waals surface area contributed by atoms with Crippen molar-refractivity contribution >= 4 is 11.3 Å². The largest absolute Gasteiger partial charge is 0.310 e. The summed E-state index contributed by atoms with van der Waals surface area (Å²) in [5.74, 6) is 0.